The molecule has 3 aromatic carbocycles. The molecule has 0 fully saturated rings. The predicted octanol–water partition coefficient (Wildman–Crippen LogP) is 13.1. The van der Waals surface area contributed by atoms with Gasteiger partial charge in [0.25, 0.3) is 0 Å². The fourth-order valence-corrected chi connectivity index (χ4v) is 6.44. The fourth-order valence-electron chi connectivity index (χ4n) is 6.44. The summed E-state index contributed by atoms with van der Waals surface area (Å²) >= 11 is 0. The summed E-state index contributed by atoms with van der Waals surface area (Å²) in [6, 6.07) is 26.4. The molecule has 6 aromatic rings. The van der Waals surface area contributed by atoms with Crippen molar-refractivity contribution in [1.82, 2.24) is 4.98 Å². The van der Waals surface area contributed by atoms with E-state index in [1.807, 2.05) is 78.9 Å². The number of rotatable bonds is 9. The van der Waals surface area contributed by atoms with Gasteiger partial charge in [-0.25, -0.2) is 0 Å². The van der Waals surface area contributed by atoms with E-state index in [4.69, 9.17) is 13.8 Å². The molecule has 271 valence electrons. The summed E-state index contributed by atoms with van der Waals surface area (Å²) < 4.78 is 12.3. The molecule has 0 saturated carbocycles. The van der Waals surface area contributed by atoms with Crippen molar-refractivity contribution >= 4 is 38.5 Å². The molecule has 0 atom stereocenters. The summed E-state index contributed by atoms with van der Waals surface area (Å²) in [5.41, 5.74) is 5.19. The van der Waals surface area contributed by atoms with E-state index in [9.17, 15) is 9.90 Å². The van der Waals surface area contributed by atoms with Gasteiger partial charge < -0.3 is 13.9 Å². The van der Waals surface area contributed by atoms with Crippen LogP contribution in [0.5, 0.6) is 0 Å². The number of pyridine rings is 1. The maximum absolute atomic E-state index is 12.2. The summed E-state index contributed by atoms with van der Waals surface area (Å²) in [6.07, 6.45) is 6.56. The molecular weight excluding hydrogens is 811 g/mol. The molecule has 0 unspecified atom stereocenters. The van der Waals surface area contributed by atoms with E-state index in [-0.39, 0.29) is 47.9 Å². The van der Waals surface area contributed by atoms with E-state index < -0.39 is 0 Å². The molecule has 0 aliphatic heterocycles. The number of hydrogen-bond acceptors (Lipinski definition) is 5. The summed E-state index contributed by atoms with van der Waals surface area (Å²) in [4.78, 5) is 17.0. The van der Waals surface area contributed by atoms with Gasteiger partial charge in [-0.2, -0.15) is 0 Å². The molecule has 0 aliphatic rings. The summed E-state index contributed by atoms with van der Waals surface area (Å²) in [7, 11) is 0. The first-order valence-electron chi connectivity index (χ1n) is 18.0. The number of carbonyl (C=O) groups excluding carboxylic acids is 1. The zero-order valence-corrected chi connectivity index (χ0v) is 34.2. The quantitative estimate of drug-likeness (QED) is 0.0890. The van der Waals surface area contributed by atoms with Crippen molar-refractivity contribution in [1.29, 1.82) is 0 Å². The van der Waals surface area contributed by atoms with E-state index in [0.717, 1.165) is 81.3 Å². The number of benzene rings is 3. The number of aromatic nitrogens is 1. The number of carbonyl (C=O) groups is 1. The van der Waals surface area contributed by atoms with E-state index in [1.165, 1.54) is 17.0 Å². The van der Waals surface area contributed by atoms with Gasteiger partial charge in [-0.1, -0.05) is 110 Å². The first-order chi connectivity index (χ1) is 23.7. The van der Waals surface area contributed by atoms with Gasteiger partial charge >= 0.3 is 0 Å². The molecule has 5 nitrogen and oxygen atoms in total. The van der Waals surface area contributed by atoms with Crippen LogP contribution in [0.2, 0.25) is 0 Å². The average Bonchev–Trinajstić information content (AvgIpc) is 3.69. The van der Waals surface area contributed by atoms with Gasteiger partial charge in [0, 0.05) is 59.7 Å². The third kappa shape index (κ3) is 7.93. The van der Waals surface area contributed by atoms with Crippen molar-refractivity contribution in [2.24, 2.45) is 10.8 Å². The van der Waals surface area contributed by atoms with E-state index in [0.29, 0.717) is 0 Å². The zero-order chi connectivity index (χ0) is 36.4. The Morgan fingerprint density at radius 3 is 2.00 bits per heavy atom. The Hall–Kier alpha value is -3.99. The number of aliphatic hydroxyl groups excluding tert-OH is 1. The Labute approximate surface area is 316 Å². The Bertz CT molecular complexity index is 2170. The van der Waals surface area contributed by atoms with Crippen molar-refractivity contribution in [3.8, 4) is 22.6 Å². The third-order valence-electron chi connectivity index (χ3n) is 10.9. The van der Waals surface area contributed by atoms with Gasteiger partial charge in [-0.15, -0.1) is 29.1 Å². The largest absolute Gasteiger partial charge is 0.512 e. The van der Waals surface area contributed by atoms with Crippen LogP contribution in [0.1, 0.15) is 99.3 Å². The summed E-state index contributed by atoms with van der Waals surface area (Å²) in [5.74, 6) is 1.92. The normalized spacial score (nSPS) is 12.5. The minimum absolute atomic E-state index is 0. The van der Waals surface area contributed by atoms with Gasteiger partial charge in [-0.3, -0.25) is 9.78 Å². The van der Waals surface area contributed by atoms with Crippen molar-refractivity contribution in [3.63, 3.8) is 0 Å². The maximum Gasteiger partial charge on any atom is 0.164 e. The molecule has 0 bridgehead atoms. The number of aliphatic hydroxyl groups is 1. The molecule has 51 heavy (non-hydrogen) atoms. The van der Waals surface area contributed by atoms with Crippen LogP contribution >= 0.6 is 0 Å². The number of aryl methyl sites for hydroxylation is 1. The van der Waals surface area contributed by atoms with Gasteiger partial charge in [-0.05, 0) is 56.2 Å². The second kappa shape index (κ2) is 15.7. The number of nitrogens with zero attached hydrogens (tertiary/aromatic N) is 1. The van der Waals surface area contributed by atoms with Crippen LogP contribution in [-0.4, -0.2) is 15.9 Å². The first-order valence-corrected chi connectivity index (χ1v) is 18.0. The van der Waals surface area contributed by atoms with Crippen LogP contribution in [0.4, 0.5) is 0 Å². The molecule has 1 N–H and O–H groups in total. The monoisotopic (exact) mass is 863 g/mol. The molecule has 1 radical (unpaired) electrons. The number of allylic oxidation sites excluding steroid dienone is 2. The van der Waals surface area contributed by atoms with Gasteiger partial charge in [0.1, 0.15) is 28.4 Å². The molecule has 0 aliphatic carbocycles. The smallest absolute Gasteiger partial charge is 0.164 e. The summed E-state index contributed by atoms with van der Waals surface area (Å²) in [5, 5.41) is 14.5. The van der Waals surface area contributed by atoms with E-state index in [2.05, 4.69) is 69.3 Å². The average molecular weight is 863 g/mol. The van der Waals surface area contributed by atoms with Crippen LogP contribution in [0.25, 0.3) is 55.3 Å². The topological polar surface area (TPSA) is 76.5 Å². The van der Waals surface area contributed by atoms with Gasteiger partial charge in [0.2, 0.25) is 0 Å². The Kier molecular flexibility index (Phi) is 12.3. The SMILES string of the molecule is CCC(C)(CC)C(=O)/C=C(\O)C(C)(CC)CC.Cc1oc2ccccc2c1-c1cc2c(-c3[c-]c4ccccc4c(C(C)(C)C)c3)nccc2o1.[Ir]. The molecule has 6 rings (SSSR count). The number of ketones is 1. The molecule has 3 heterocycles. The predicted molar refractivity (Wildman–Crippen MR) is 208 cm³/mol. The Morgan fingerprint density at radius 2 is 1.37 bits per heavy atom. The number of furan rings is 2. The maximum atomic E-state index is 12.2. The number of para-hydroxylation sites is 1. The molecular formula is C45H52IrNO4-. The Balaban J connectivity index is 0.000000279. The molecule has 0 saturated heterocycles. The van der Waals surface area contributed by atoms with Crippen molar-refractivity contribution in [2.75, 3.05) is 0 Å². The molecule has 0 amide bonds. The van der Waals surface area contributed by atoms with Crippen LogP contribution in [0.15, 0.2) is 93.6 Å². The number of hydrogen-bond donors (Lipinski definition) is 1. The second-order valence-electron chi connectivity index (χ2n) is 15.0. The van der Waals surface area contributed by atoms with E-state index in [1.54, 1.807) is 0 Å². The van der Waals surface area contributed by atoms with Crippen LogP contribution < -0.4 is 0 Å². The molecule has 6 heteroatoms. The Morgan fingerprint density at radius 1 is 0.784 bits per heavy atom. The number of fused-ring (bicyclic) bond motifs is 3. The van der Waals surface area contributed by atoms with E-state index >= 15 is 0 Å². The van der Waals surface area contributed by atoms with Crippen LogP contribution in [0, 0.1) is 23.8 Å². The standard InChI is InChI=1S/C30H24NO2.C15H28O2.Ir/c1-18-28(22-11-7-8-12-25(22)32-18)27-17-23-26(33-27)13-14-31-29(23)20-15-19-9-5-6-10-21(19)24(16-20)30(2,3)4;1-7-14(5,8-2)12(16)11-13(17)15(6,9-3)10-4;/h5-14,16-17H,1-4H3;11,16H,7-10H2,1-6H3;/q-1;;/b;12-11-;. The minimum atomic E-state index is -0.337. The first kappa shape index (κ1) is 39.8. The zero-order valence-electron chi connectivity index (χ0n) is 31.8. The van der Waals surface area contributed by atoms with Crippen LogP contribution in [-0.2, 0) is 30.3 Å². The fraction of sp³-hybridized carbons (Fsp3) is 0.378. The third-order valence-corrected chi connectivity index (χ3v) is 10.9. The van der Waals surface area contributed by atoms with Gasteiger partial charge in [0.05, 0.1) is 5.56 Å². The van der Waals surface area contributed by atoms with Crippen molar-refractivity contribution in [3.05, 3.63) is 102 Å². The van der Waals surface area contributed by atoms with Crippen molar-refractivity contribution in [2.45, 2.75) is 100 Å². The van der Waals surface area contributed by atoms with Crippen molar-refractivity contribution < 1.29 is 38.8 Å². The van der Waals surface area contributed by atoms with Crippen LogP contribution in [0.3, 0.4) is 0 Å². The molecule has 0 spiro atoms. The molecule has 3 aromatic heterocycles. The second-order valence-corrected chi connectivity index (χ2v) is 15.0. The van der Waals surface area contributed by atoms with Gasteiger partial charge in [0.15, 0.2) is 5.78 Å². The summed E-state index contributed by atoms with van der Waals surface area (Å²) in [6.45, 7) is 20.8. The minimum Gasteiger partial charge on any atom is -0.512 e.